The fourth-order valence-corrected chi connectivity index (χ4v) is 2.84. The number of hydrazine groups is 1. The Bertz CT molecular complexity index is 1060. The number of para-hydroxylation sites is 1. The second kappa shape index (κ2) is 8.97. The number of carbonyl (C=O) groups excluding carboxylic acids is 3. The van der Waals surface area contributed by atoms with E-state index in [0.717, 1.165) is 11.1 Å². The van der Waals surface area contributed by atoms with E-state index in [0.29, 0.717) is 22.2 Å². The summed E-state index contributed by atoms with van der Waals surface area (Å²) in [6, 6.07) is 17.0. The Kier molecular flexibility index (Phi) is 6.19. The van der Waals surface area contributed by atoms with Crippen LogP contribution < -0.4 is 16.2 Å². The van der Waals surface area contributed by atoms with Crippen LogP contribution >= 0.6 is 0 Å². The number of hydrogen-bond donors (Lipinski definition) is 3. The molecule has 3 N–H and O–H groups in total. The number of aromatic nitrogens is 1. The zero-order valence-corrected chi connectivity index (χ0v) is 16.3. The van der Waals surface area contributed by atoms with Gasteiger partial charge in [-0.1, -0.05) is 48.0 Å². The molecule has 0 radical (unpaired) electrons. The molecule has 0 unspecified atom stereocenters. The molecule has 1 aromatic heterocycles. The van der Waals surface area contributed by atoms with Crippen LogP contribution in [0.5, 0.6) is 0 Å². The summed E-state index contributed by atoms with van der Waals surface area (Å²) in [6.45, 7) is 3.58. The van der Waals surface area contributed by atoms with Crippen molar-refractivity contribution >= 4 is 28.6 Å². The van der Waals surface area contributed by atoms with E-state index in [1.165, 1.54) is 6.92 Å². The lowest BCUT2D eigenvalue weighted by atomic mass is 10.0. The molecule has 3 rings (SSSR count). The minimum absolute atomic E-state index is 0.0611. The van der Waals surface area contributed by atoms with Gasteiger partial charge in [0.25, 0.3) is 5.91 Å². The van der Waals surface area contributed by atoms with Gasteiger partial charge in [-0.15, -0.1) is 0 Å². The molecule has 0 spiro atoms. The van der Waals surface area contributed by atoms with E-state index in [2.05, 4.69) is 21.2 Å². The van der Waals surface area contributed by atoms with E-state index in [4.69, 9.17) is 0 Å². The van der Waals surface area contributed by atoms with Crippen LogP contribution in [0, 0.1) is 6.92 Å². The second-order valence-corrected chi connectivity index (χ2v) is 6.67. The van der Waals surface area contributed by atoms with Crippen molar-refractivity contribution in [2.75, 3.05) is 6.54 Å². The Balaban J connectivity index is 1.81. The lowest BCUT2D eigenvalue weighted by Gasteiger charge is -2.11. The molecule has 0 saturated carbocycles. The van der Waals surface area contributed by atoms with E-state index >= 15 is 0 Å². The van der Waals surface area contributed by atoms with Gasteiger partial charge in [0, 0.05) is 30.8 Å². The maximum Gasteiger partial charge on any atom is 0.270 e. The molecule has 148 valence electrons. The quantitative estimate of drug-likeness (QED) is 0.583. The number of pyridine rings is 1. The highest BCUT2D eigenvalue weighted by Gasteiger charge is 2.14. The van der Waals surface area contributed by atoms with Crippen LogP contribution in [0.25, 0.3) is 22.2 Å². The van der Waals surface area contributed by atoms with Crippen molar-refractivity contribution < 1.29 is 14.4 Å². The minimum atomic E-state index is -0.440. The maximum absolute atomic E-state index is 12.8. The Morgan fingerprint density at radius 3 is 2.41 bits per heavy atom. The van der Waals surface area contributed by atoms with Gasteiger partial charge in [0.15, 0.2) is 0 Å². The SMILES string of the molecule is CC(=O)NCCC(=O)NNC(=O)c1cc(-c2ccc(C)cc2)nc2ccccc12. The van der Waals surface area contributed by atoms with Crippen LogP contribution in [0.3, 0.4) is 0 Å². The smallest absolute Gasteiger partial charge is 0.270 e. The lowest BCUT2D eigenvalue weighted by Crippen LogP contribution is -2.42. The van der Waals surface area contributed by atoms with Crippen molar-refractivity contribution in [3.05, 3.63) is 65.7 Å². The summed E-state index contributed by atoms with van der Waals surface area (Å²) in [5, 5.41) is 3.22. The Morgan fingerprint density at radius 1 is 0.966 bits per heavy atom. The van der Waals surface area contributed by atoms with Crippen molar-refractivity contribution in [3.63, 3.8) is 0 Å². The zero-order valence-electron chi connectivity index (χ0n) is 16.3. The summed E-state index contributed by atoms with van der Waals surface area (Å²) in [4.78, 5) is 40.1. The predicted octanol–water partition coefficient (Wildman–Crippen LogP) is 2.50. The molecule has 0 aliphatic heterocycles. The van der Waals surface area contributed by atoms with Gasteiger partial charge in [-0.25, -0.2) is 4.98 Å². The third-order valence-corrected chi connectivity index (χ3v) is 4.35. The molecule has 0 aliphatic carbocycles. The predicted molar refractivity (Wildman–Crippen MR) is 111 cm³/mol. The maximum atomic E-state index is 12.8. The van der Waals surface area contributed by atoms with Gasteiger partial charge in [-0.3, -0.25) is 25.2 Å². The third-order valence-electron chi connectivity index (χ3n) is 4.35. The summed E-state index contributed by atoms with van der Waals surface area (Å²) < 4.78 is 0. The van der Waals surface area contributed by atoms with Gasteiger partial charge in [-0.2, -0.15) is 0 Å². The number of rotatable bonds is 5. The summed E-state index contributed by atoms with van der Waals surface area (Å²) in [5.74, 6) is -1.05. The van der Waals surface area contributed by atoms with Gasteiger partial charge in [0.2, 0.25) is 11.8 Å². The molecular formula is C22H22N4O3. The van der Waals surface area contributed by atoms with Crippen LogP contribution in [0.4, 0.5) is 0 Å². The number of amides is 3. The van der Waals surface area contributed by atoms with E-state index in [1.54, 1.807) is 6.07 Å². The van der Waals surface area contributed by atoms with Gasteiger partial charge in [0.05, 0.1) is 16.8 Å². The number of nitrogens with zero attached hydrogens (tertiary/aromatic N) is 1. The molecule has 0 atom stereocenters. The Labute approximate surface area is 168 Å². The van der Waals surface area contributed by atoms with E-state index < -0.39 is 11.8 Å². The molecule has 3 amide bonds. The molecule has 7 heteroatoms. The number of benzene rings is 2. The molecule has 0 aliphatic rings. The molecule has 3 aromatic rings. The van der Waals surface area contributed by atoms with Crippen LogP contribution in [-0.4, -0.2) is 29.3 Å². The highest BCUT2D eigenvalue weighted by molar-refractivity contribution is 6.07. The molecular weight excluding hydrogens is 368 g/mol. The fourth-order valence-electron chi connectivity index (χ4n) is 2.84. The summed E-state index contributed by atoms with van der Waals surface area (Å²) in [6.07, 6.45) is 0.0611. The van der Waals surface area contributed by atoms with Crippen molar-refractivity contribution in [2.45, 2.75) is 20.3 Å². The Hall–Kier alpha value is -3.74. The monoisotopic (exact) mass is 390 g/mol. The van der Waals surface area contributed by atoms with Gasteiger partial charge in [0.1, 0.15) is 0 Å². The first-order valence-corrected chi connectivity index (χ1v) is 9.24. The van der Waals surface area contributed by atoms with Crippen LogP contribution in [-0.2, 0) is 9.59 Å². The molecule has 1 heterocycles. The highest BCUT2D eigenvalue weighted by Crippen LogP contribution is 2.25. The molecule has 0 saturated heterocycles. The summed E-state index contributed by atoms with van der Waals surface area (Å²) in [7, 11) is 0. The van der Waals surface area contributed by atoms with Crippen molar-refractivity contribution in [3.8, 4) is 11.3 Å². The summed E-state index contributed by atoms with van der Waals surface area (Å²) in [5.41, 5.74) is 8.62. The normalized spacial score (nSPS) is 10.4. The highest BCUT2D eigenvalue weighted by atomic mass is 16.2. The summed E-state index contributed by atoms with van der Waals surface area (Å²) >= 11 is 0. The van der Waals surface area contributed by atoms with Crippen LogP contribution in [0.15, 0.2) is 54.6 Å². The Morgan fingerprint density at radius 2 is 1.69 bits per heavy atom. The van der Waals surface area contributed by atoms with Gasteiger partial charge >= 0.3 is 0 Å². The second-order valence-electron chi connectivity index (χ2n) is 6.67. The molecule has 7 nitrogen and oxygen atoms in total. The molecule has 0 fully saturated rings. The standard InChI is InChI=1S/C22H22N4O3/c1-14-7-9-16(10-8-14)20-13-18(17-5-3-4-6-19(17)24-20)22(29)26-25-21(28)11-12-23-15(2)27/h3-10,13H,11-12H2,1-2H3,(H,23,27)(H,25,28)(H,26,29). The average molecular weight is 390 g/mol. The van der Waals surface area contributed by atoms with E-state index in [-0.39, 0.29) is 18.9 Å². The van der Waals surface area contributed by atoms with Crippen molar-refractivity contribution in [1.82, 2.24) is 21.2 Å². The molecule has 29 heavy (non-hydrogen) atoms. The number of aryl methyl sites for hydroxylation is 1. The first-order chi connectivity index (χ1) is 13.9. The van der Waals surface area contributed by atoms with Gasteiger partial charge < -0.3 is 5.32 Å². The largest absolute Gasteiger partial charge is 0.356 e. The minimum Gasteiger partial charge on any atom is -0.356 e. The lowest BCUT2D eigenvalue weighted by molar-refractivity contribution is -0.122. The number of nitrogens with one attached hydrogen (secondary N) is 3. The van der Waals surface area contributed by atoms with Crippen LogP contribution in [0.1, 0.15) is 29.3 Å². The first kappa shape index (κ1) is 20.0. The van der Waals surface area contributed by atoms with Gasteiger partial charge in [-0.05, 0) is 19.1 Å². The number of carbonyl (C=O) groups is 3. The third kappa shape index (κ3) is 5.16. The fraction of sp³-hybridized carbons (Fsp3) is 0.182. The number of hydrogen-bond acceptors (Lipinski definition) is 4. The first-order valence-electron chi connectivity index (χ1n) is 9.24. The van der Waals surface area contributed by atoms with Crippen LogP contribution in [0.2, 0.25) is 0 Å². The molecule has 2 aromatic carbocycles. The van der Waals surface area contributed by atoms with E-state index in [1.807, 2.05) is 55.5 Å². The average Bonchev–Trinajstić information content (AvgIpc) is 2.71. The molecule has 0 bridgehead atoms. The van der Waals surface area contributed by atoms with E-state index in [9.17, 15) is 14.4 Å². The number of fused-ring (bicyclic) bond motifs is 1. The topological polar surface area (TPSA) is 100 Å². The van der Waals surface area contributed by atoms with Crippen molar-refractivity contribution in [1.29, 1.82) is 0 Å². The van der Waals surface area contributed by atoms with Crippen molar-refractivity contribution in [2.24, 2.45) is 0 Å². The zero-order chi connectivity index (χ0) is 20.8.